The minimum Gasteiger partial charge on any atom is -0.444 e. The van der Waals surface area contributed by atoms with Gasteiger partial charge in [0.05, 0.1) is 17.7 Å². The molecule has 3 aromatic carbocycles. The number of benzene rings is 3. The SMILES string of the molecule is BrC1=[C+]C=Cc2ccccc21.CC(C)(C)OC(=O)NC1CCN(c2cccc3ccccc23)CC1.CC(C)(C)OC(=O)NC1CCNCC1. The lowest BCUT2D eigenvalue weighted by molar-refractivity contribution is 0.0484. The first-order valence-corrected chi connectivity index (χ1v) is 18.0. The Bertz CT molecular complexity index is 1590. The molecule has 262 valence electrons. The van der Waals surface area contributed by atoms with Gasteiger partial charge >= 0.3 is 12.2 Å². The molecule has 6 rings (SSSR count). The van der Waals surface area contributed by atoms with Gasteiger partial charge in [-0.2, -0.15) is 0 Å². The maximum absolute atomic E-state index is 11.9. The summed E-state index contributed by atoms with van der Waals surface area (Å²) in [5.41, 5.74) is 2.89. The van der Waals surface area contributed by atoms with Crippen LogP contribution in [0.1, 0.15) is 78.4 Å². The Balaban J connectivity index is 0.000000183. The van der Waals surface area contributed by atoms with Crippen molar-refractivity contribution in [2.24, 2.45) is 0 Å². The molecule has 0 atom stereocenters. The van der Waals surface area contributed by atoms with E-state index in [0.717, 1.165) is 56.3 Å². The smallest absolute Gasteiger partial charge is 0.407 e. The van der Waals surface area contributed by atoms with Gasteiger partial charge in [0.2, 0.25) is 0 Å². The Hall–Kier alpha value is -3.91. The molecule has 49 heavy (non-hydrogen) atoms. The standard InChI is InChI=1S/C20H26N2O2.C10H6Br.C10H20N2O2/c1-20(2,3)24-19(23)21-16-11-13-22(14-12-16)18-10-6-8-15-7-4-5-9-17(15)18;11-10-7-3-5-8-4-1-2-6-9(8)10;1-10(2,3)14-9(13)12-8-4-6-11-7-5-8/h4-10,16H,11-14H2,1-3H3,(H,21,23);1-6H;8,11H,4-7H2,1-3H3,(H,12,13)/q;+1;. The zero-order valence-electron chi connectivity index (χ0n) is 29.8. The van der Waals surface area contributed by atoms with Crippen molar-refractivity contribution >= 4 is 55.1 Å². The van der Waals surface area contributed by atoms with E-state index in [9.17, 15) is 9.59 Å². The molecule has 0 aromatic heterocycles. The van der Waals surface area contributed by atoms with E-state index in [4.69, 9.17) is 9.47 Å². The molecule has 8 nitrogen and oxygen atoms in total. The molecule has 0 spiro atoms. The van der Waals surface area contributed by atoms with Crippen LogP contribution in [0.15, 0.2) is 72.8 Å². The highest BCUT2D eigenvalue weighted by Crippen LogP contribution is 2.29. The number of ether oxygens (including phenoxy) is 2. The summed E-state index contributed by atoms with van der Waals surface area (Å²) in [4.78, 5) is 25.7. The van der Waals surface area contributed by atoms with E-state index in [0.29, 0.717) is 0 Å². The number of alkyl carbamates (subject to hydrolysis) is 2. The first kappa shape index (κ1) is 37.9. The van der Waals surface area contributed by atoms with Crippen molar-refractivity contribution in [1.29, 1.82) is 0 Å². The number of anilines is 1. The zero-order chi connectivity index (χ0) is 35.4. The van der Waals surface area contributed by atoms with E-state index in [1.54, 1.807) is 0 Å². The molecule has 0 saturated carbocycles. The summed E-state index contributed by atoms with van der Waals surface area (Å²) in [7, 11) is 0. The summed E-state index contributed by atoms with van der Waals surface area (Å²) in [5, 5.41) is 11.7. The molecular formula is C40H52BrN4O4+. The van der Waals surface area contributed by atoms with Gasteiger partial charge in [0.25, 0.3) is 0 Å². The molecule has 3 aliphatic rings. The molecule has 2 amide bonds. The molecule has 9 heteroatoms. The molecule has 1 aliphatic carbocycles. The Morgan fingerprint density at radius 1 is 0.776 bits per heavy atom. The minimum atomic E-state index is -0.451. The van der Waals surface area contributed by atoms with Gasteiger partial charge in [0.1, 0.15) is 22.8 Å². The quantitative estimate of drug-likeness (QED) is 0.233. The average Bonchev–Trinajstić information content (AvgIpc) is 3.04. The maximum Gasteiger partial charge on any atom is 0.407 e. The van der Waals surface area contributed by atoms with Crippen molar-refractivity contribution in [3.05, 3.63) is 90.0 Å². The predicted octanol–water partition coefficient (Wildman–Crippen LogP) is 8.85. The summed E-state index contributed by atoms with van der Waals surface area (Å²) in [6.07, 6.45) is 10.3. The van der Waals surface area contributed by atoms with Gasteiger partial charge in [-0.25, -0.2) is 9.59 Å². The van der Waals surface area contributed by atoms with Crippen molar-refractivity contribution in [2.75, 3.05) is 31.1 Å². The topological polar surface area (TPSA) is 91.9 Å². The monoisotopic (exact) mass is 731 g/mol. The Labute approximate surface area is 300 Å². The third-order valence-electron chi connectivity index (χ3n) is 8.05. The van der Waals surface area contributed by atoms with Crippen LogP contribution in [0.2, 0.25) is 0 Å². The number of rotatable bonds is 3. The molecule has 0 bridgehead atoms. The average molecular weight is 733 g/mol. The highest BCUT2D eigenvalue weighted by atomic mass is 79.9. The van der Waals surface area contributed by atoms with E-state index in [1.807, 2.05) is 59.8 Å². The van der Waals surface area contributed by atoms with Crippen molar-refractivity contribution < 1.29 is 19.1 Å². The van der Waals surface area contributed by atoms with Gasteiger partial charge in [0.15, 0.2) is 4.48 Å². The number of hydrogen-bond donors (Lipinski definition) is 3. The van der Waals surface area contributed by atoms with Crippen LogP contribution in [-0.2, 0) is 9.47 Å². The van der Waals surface area contributed by atoms with Gasteiger partial charge in [0, 0.05) is 42.3 Å². The zero-order valence-corrected chi connectivity index (χ0v) is 31.4. The molecule has 3 N–H and O–H groups in total. The number of nitrogens with one attached hydrogen (secondary N) is 3. The van der Waals surface area contributed by atoms with Crippen LogP contribution < -0.4 is 20.9 Å². The van der Waals surface area contributed by atoms with Gasteiger partial charge in [-0.15, -0.1) is 0 Å². The number of carbonyl (C=O) groups excluding carboxylic acids is 2. The maximum atomic E-state index is 11.9. The van der Waals surface area contributed by atoms with E-state index in [-0.39, 0.29) is 24.3 Å². The molecule has 3 aromatic rings. The van der Waals surface area contributed by atoms with Crippen LogP contribution in [-0.4, -0.2) is 61.7 Å². The molecular weight excluding hydrogens is 680 g/mol. The van der Waals surface area contributed by atoms with E-state index in [1.165, 1.54) is 27.6 Å². The highest BCUT2D eigenvalue weighted by molar-refractivity contribution is 9.15. The first-order valence-electron chi connectivity index (χ1n) is 17.2. The Kier molecular flexibility index (Phi) is 13.7. The van der Waals surface area contributed by atoms with Gasteiger partial charge in [-0.3, -0.25) is 0 Å². The second-order valence-corrected chi connectivity index (χ2v) is 15.2. The number of piperidine rings is 2. The number of allylic oxidation sites excluding steroid dienone is 2. The van der Waals surface area contributed by atoms with Crippen LogP contribution in [0.25, 0.3) is 21.3 Å². The second kappa shape index (κ2) is 17.7. The largest absolute Gasteiger partial charge is 0.444 e. The normalized spacial score (nSPS) is 16.4. The van der Waals surface area contributed by atoms with Crippen LogP contribution in [0.5, 0.6) is 0 Å². The fourth-order valence-corrected chi connectivity index (χ4v) is 6.28. The van der Waals surface area contributed by atoms with E-state index in [2.05, 4.69) is 104 Å². The van der Waals surface area contributed by atoms with Crippen molar-refractivity contribution in [3.8, 4) is 0 Å². The van der Waals surface area contributed by atoms with E-state index >= 15 is 0 Å². The lowest BCUT2D eigenvalue weighted by atomic mass is 10.0. The summed E-state index contributed by atoms with van der Waals surface area (Å²) < 4.78 is 11.6. The summed E-state index contributed by atoms with van der Waals surface area (Å²) in [6.45, 7) is 15.1. The van der Waals surface area contributed by atoms with Crippen LogP contribution in [0.4, 0.5) is 15.3 Å². The van der Waals surface area contributed by atoms with Gasteiger partial charge in [-0.1, -0.05) is 42.5 Å². The molecule has 2 aliphatic heterocycles. The Morgan fingerprint density at radius 2 is 1.33 bits per heavy atom. The van der Waals surface area contributed by atoms with Crippen LogP contribution in [0, 0.1) is 6.08 Å². The fourth-order valence-electron chi connectivity index (χ4n) is 5.79. The number of halogens is 1. The lowest BCUT2D eigenvalue weighted by Gasteiger charge is -2.35. The van der Waals surface area contributed by atoms with Crippen molar-refractivity contribution in [1.82, 2.24) is 16.0 Å². The minimum absolute atomic E-state index is 0.186. The third kappa shape index (κ3) is 12.8. The molecule has 0 unspecified atom stereocenters. The first-order chi connectivity index (χ1) is 23.3. The fraction of sp³-hybridized carbons (Fsp3) is 0.450. The van der Waals surface area contributed by atoms with Crippen molar-refractivity contribution in [2.45, 2.75) is 90.5 Å². The van der Waals surface area contributed by atoms with E-state index < -0.39 is 11.2 Å². The van der Waals surface area contributed by atoms with Crippen LogP contribution >= 0.6 is 15.9 Å². The number of hydrogen-bond acceptors (Lipinski definition) is 6. The number of carbonyl (C=O) groups is 2. The van der Waals surface area contributed by atoms with Crippen LogP contribution in [0.3, 0.4) is 0 Å². The molecule has 0 radical (unpaired) electrons. The highest BCUT2D eigenvalue weighted by Gasteiger charge is 2.25. The summed E-state index contributed by atoms with van der Waals surface area (Å²) in [6, 6.07) is 23.6. The second-order valence-electron chi connectivity index (χ2n) is 14.5. The Morgan fingerprint density at radius 3 is 1.94 bits per heavy atom. The lowest BCUT2D eigenvalue weighted by Crippen LogP contribution is -2.46. The summed E-state index contributed by atoms with van der Waals surface area (Å²) in [5.74, 6) is 0. The number of fused-ring (bicyclic) bond motifs is 2. The van der Waals surface area contributed by atoms with Gasteiger partial charge < -0.3 is 30.3 Å². The third-order valence-corrected chi connectivity index (χ3v) is 8.71. The molecule has 2 fully saturated rings. The van der Waals surface area contributed by atoms with Gasteiger partial charge in [-0.05, 0) is 120 Å². The molecule has 2 saturated heterocycles. The number of amides is 2. The van der Waals surface area contributed by atoms with Crippen molar-refractivity contribution in [3.63, 3.8) is 0 Å². The number of nitrogens with zero attached hydrogens (tertiary/aromatic N) is 1. The predicted molar refractivity (Wildman–Crippen MR) is 205 cm³/mol. The summed E-state index contributed by atoms with van der Waals surface area (Å²) >= 11 is 3.44. The molecule has 2 heterocycles.